The van der Waals surface area contributed by atoms with Gasteiger partial charge in [0.05, 0.1) is 4.91 Å². The maximum absolute atomic E-state index is 11.8. The van der Waals surface area contributed by atoms with Crippen LogP contribution in [-0.2, 0) is 4.79 Å². The van der Waals surface area contributed by atoms with Crippen molar-refractivity contribution in [1.82, 2.24) is 10.3 Å². The van der Waals surface area contributed by atoms with Gasteiger partial charge < -0.3 is 15.5 Å². The largest absolute Gasteiger partial charge is 0.456 e. The monoisotopic (exact) mass is 367 g/mol. The molecule has 0 unspecified atom stereocenters. The Balaban J connectivity index is 1.81. The summed E-state index contributed by atoms with van der Waals surface area (Å²) in [4.78, 5) is 16.6. The first kappa shape index (κ1) is 15.9. The van der Waals surface area contributed by atoms with Gasteiger partial charge in [0, 0.05) is 35.1 Å². The van der Waals surface area contributed by atoms with Crippen LogP contribution in [0.2, 0.25) is 0 Å². The van der Waals surface area contributed by atoms with E-state index >= 15 is 0 Å². The third-order valence-electron chi connectivity index (χ3n) is 3.95. The molecule has 0 aliphatic carbocycles. The van der Waals surface area contributed by atoms with E-state index < -0.39 is 0 Å². The van der Waals surface area contributed by atoms with E-state index in [2.05, 4.69) is 10.3 Å². The van der Waals surface area contributed by atoms with Crippen LogP contribution >= 0.6 is 24.0 Å². The van der Waals surface area contributed by atoms with Crippen molar-refractivity contribution in [3.63, 3.8) is 0 Å². The van der Waals surface area contributed by atoms with Gasteiger partial charge in [-0.1, -0.05) is 36.1 Å². The van der Waals surface area contributed by atoms with Gasteiger partial charge in [0.2, 0.25) is 0 Å². The normalized spacial score (nSPS) is 16.0. The summed E-state index contributed by atoms with van der Waals surface area (Å²) >= 11 is 6.22. The molecule has 1 saturated heterocycles. The maximum Gasteiger partial charge on any atom is 0.263 e. The Morgan fingerprint density at radius 1 is 1.32 bits per heavy atom. The van der Waals surface area contributed by atoms with Gasteiger partial charge in [-0.05, 0) is 30.2 Å². The molecule has 0 radical (unpaired) electrons. The lowest BCUT2D eigenvalue weighted by Crippen LogP contribution is -2.17. The first-order valence-electron chi connectivity index (χ1n) is 7.50. The predicted octanol–water partition coefficient (Wildman–Crippen LogP) is 3.87. The number of nitrogens with zero attached hydrogens (tertiary/aromatic N) is 1. The number of thiocarbonyl (C=S) groups is 1. The van der Waals surface area contributed by atoms with Crippen molar-refractivity contribution >= 4 is 56.9 Å². The molecule has 3 N–H and O–H groups in total. The van der Waals surface area contributed by atoms with E-state index in [-0.39, 0.29) is 5.91 Å². The van der Waals surface area contributed by atoms with Crippen molar-refractivity contribution in [3.05, 3.63) is 52.9 Å². The maximum atomic E-state index is 11.8. The summed E-state index contributed by atoms with van der Waals surface area (Å²) < 4.78 is 6.42. The highest BCUT2D eigenvalue weighted by atomic mass is 32.2. The fraction of sp³-hybridized carbons (Fsp3) is 0.0556. The number of anilines is 1. The molecule has 124 valence electrons. The molecule has 0 bridgehead atoms. The highest BCUT2D eigenvalue weighted by Crippen LogP contribution is 2.33. The molecule has 1 aromatic carbocycles. The number of rotatable bonds is 2. The Bertz CT molecular complexity index is 1070. The number of pyridine rings is 1. The number of aryl methyl sites for hydroxylation is 1. The van der Waals surface area contributed by atoms with E-state index in [1.165, 1.54) is 11.8 Å². The zero-order valence-electron chi connectivity index (χ0n) is 13.2. The summed E-state index contributed by atoms with van der Waals surface area (Å²) in [7, 11) is 0. The Morgan fingerprint density at radius 3 is 2.88 bits per heavy atom. The van der Waals surface area contributed by atoms with Crippen molar-refractivity contribution in [2.45, 2.75) is 6.92 Å². The third kappa shape index (κ3) is 2.92. The molecule has 25 heavy (non-hydrogen) atoms. The number of benzene rings is 1. The van der Waals surface area contributed by atoms with Crippen molar-refractivity contribution in [1.29, 1.82) is 0 Å². The summed E-state index contributed by atoms with van der Waals surface area (Å²) in [6, 6.07) is 7.72. The van der Waals surface area contributed by atoms with Crippen LogP contribution in [0.4, 0.5) is 5.69 Å². The number of hydrogen-bond donors (Lipinski definition) is 2. The minimum atomic E-state index is -0.208. The van der Waals surface area contributed by atoms with Gasteiger partial charge in [0.15, 0.2) is 0 Å². The smallest absolute Gasteiger partial charge is 0.263 e. The van der Waals surface area contributed by atoms with Crippen LogP contribution in [0.3, 0.4) is 0 Å². The van der Waals surface area contributed by atoms with Crippen molar-refractivity contribution in [3.8, 4) is 11.1 Å². The van der Waals surface area contributed by atoms with Gasteiger partial charge in [0.1, 0.15) is 15.7 Å². The molecule has 4 rings (SSSR count). The highest BCUT2D eigenvalue weighted by Gasteiger charge is 2.22. The molecule has 3 aromatic rings. The average molecular weight is 367 g/mol. The molecule has 3 heterocycles. The number of thioether (sulfide) groups is 1. The van der Waals surface area contributed by atoms with Crippen molar-refractivity contribution in [2.24, 2.45) is 0 Å². The van der Waals surface area contributed by atoms with Gasteiger partial charge in [0.25, 0.3) is 5.91 Å². The number of carbonyl (C=O) groups excluding carboxylic acids is 1. The Labute approximate surface area is 153 Å². The number of carbonyl (C=O) groups is 1. The zero-order chi connectivity index (χ0) is 17.6. The van der Waals surface area contributed by atoms with Crippen LogP contribution in [0.5, 0.6) is 0 Å². The van der Waals surface area contributed by atoms with Crippen LogP contribution in [0, 0.1) is 6.92 Å². The van der Waals surface area contributed by atoms with Gasteiger partial charge in [-0.2, -0.15) is 0 Å². The molecule has 0 spiro atoms. The minimum Gasteiger partial charge on any atom is -0.456 e. The number of amides is 1. The van der Waals surface area contributed by atoms with Crippen LogP contribution < -0.4 is 11.1 Å². The standard InChI is InChI=1S/C18H13N3O2S2/c1-9-2-3-10(5-14(9)19)13-8-20-7-11-4-12(23-16(11)13)6-15-17(22)21-18(24)25-15/h2-8H,19H2,1H3,(H,21,22,24)/b15-6+. The van der Waals surface area contributed by atoms with E-state index in [1.807, 2.05) is 31.2 Å². The summed E-state index contributed by atoms with van der Waals surface area (Å²) in [5.41, 5.74) is 10.3. The summed E-state index contributed by atoms with van der Waals surface area (Å²) in [6.07, 6.45) is 5.17. The van der Waals surface area contributed by atoms with Gasteiger partial charge >= 0.3 is 0 Å². The van der Waals surface area contributed by atoms with E-state index in [0.717, 1.165) is 27.8 Å². The third-order valence-corrected chi connectivity index (χ3v) is 5.11. The lowest BCUT2D eigenvalue weighted by molar-refractivity contribution is -0.115. The first-order chi connectivity index (χ1) is 12.0. The average Bonchev–Trinajstić information content (AvgIpc) is 3.12. The van der Waals surface area contributed by atoms with Crippen molar-refractivity contribution in [2.75, 3.05) is 5.73 Å². The number of nitrogens with two attached hydrogens (primary N) is 1. The van der Waals surface area contributed by atoms with Crippen LogP contribution in [-0.4, -0.2) is 15.2 Å². The Kier molecular flexibility index (Phi) is 3.82. The second-order valence-corrected chi connectivity index (χ2v) is 7.40. The SMILES string of the molecule is Cc1ccc(-c2cncc3cc(/C=C4/SC(=S)NC4=O)oc23)cc1N. The lowest BCUT2D eigenvalue weighted by atomic mass is 10.0. The molecular weight excluding hydrogens is 354 g/mol. The Hall–Kier alpha value is -2.64. The molecule has 1 amide bonds. The van der Waals surface area contributed by atoms with Crippen LogP contribution in [0.15, 0.2) is 46.0 Å². The highest BCUT2D eigenvalue weighted by molar-refractivity contribution is 8.26. The quantitative estimate of drug-likeness (QED) is 0.406. The molecule has 0 saturated carbocycles. The zero-order valence-corrected chi connectivity index (χ0v) is 14.8. The predicted molar refractivity (Wildman–Crippen MR) is 105 cm³/mol. The molecule has 1 aliphatic heterocycles. The topological polar surface area (TPSA) is 81.2 Å². The Morgan fingerprint density at radius 2 is 2.16 bits per heavy atom. The van der Waals surface area contributed by atoms with Crippen LogP contribution in [0.1, 0.15) is 11.3 Å². The van der Waals surface area contributed by atoms with Gasteiger partial charge in [-0.25, -0.2) is 0 Å². The second-order valence-electron chi connectivity index (χ2n) is 5.68. The van der Waals surface area contributed by atoms with E-state index in [0.29, 0.717) is 20.6 Å². The molecule has 1 aliphatic rings. The molecule has 1 fully saturated rings. The summed E-state index contributed by atoms with van der Waals surface area (Å²) in [6.45, 7) is 1.96. The summed E-state index contributed by atoms with van der Waals surface area (Å²) in [5, 5.41) is 3.44. The van der Waals surface area contributed by atoms with E-state index in [1.54, 1.807) is 18.5 Å². The van der Waals surface area contributed by atoms with Gasteiger partial charge in [-0.15, -0.1) is 0 Å². The number of fused-ring (bicyclic) bond motifs is 1. The van der Waals surface area contributed by atoms with E-state index in [4.69, 9.17) is 22.4 Å². The van der Waals surface area contributed by atoms with E-state index in [9.17, 15) is 4.79 Å². The van der Waals surface area contributed by atoms with Gasteiger partial charge in [-0.3, -0.25) is 9.78 Å². The minimum absolute atomic E-state index is 0.208. The molecule has 2 aromatic heterocycles. The number of nitrogen functional groups attached to an aromatic ring is 1. The number of nitrogens with one attached hydrogen (secondary N) is 1. The number of hydrogen-bond acceptors (Lipinski definition) is 6. The molecule has 5 nitrogen and oxygen atoms in total. The first-order valence-corrected chi connectivity index (χ1v) is 8.72. The lowest BCUT2D eigenvalue weighted by Gasteiger charge is -2.05. The molecule has 7 heteroatoms. The fourth-order valence-corrected chi connectivity index (χ4v) is 3.64. The second kappa shape index (κ2) is 6.02. The molecular formula is C18H13N3O2S2. The van der Waals surface area contributed by atoms with Crippen LogP contribution in [0.25, 0.3) is 28.2 Å². The number of furan rings is 1. The fourth-order valence-electron chi connectivity index (χ4n) is 2.62. The summed E-state index contributed by atoms with van der Waals surface area (Å²) in [5.74, 6) is 0.367. The van der Waals surface area contributed by atoms with Crippen molar-refractivity contribution < 1.29 is 9.21 Å². The molecule has 0 atom stereocenters. The number of aromatic nitrogens is 1.